The molecule has 1 aromatic carbocycles. The number of amides is 1. The quantitative estimate of drug-likeness (QED) is 0.878. The van der Waals surface area contributed by atoms with E-state index in [1.807, 2.05) is 6.07 Å². The molecular formula is C13H14ClN3O. The van der Waals surface area contributed by atoms with Crippen molar-refractivity contribution in [3.8, 4) is 6.07 Å². The maximum Gasteiger partial charge on any atom is 0.244 e. The first-order chi connectivity index (χ1) is 8.45. The molecule has 1 aliphatic carbocycles. The number of anilines is 1. The fourth-order valence-corrected chi connectivity index (χ4v) is 2.04. The van der Waals surface area contributed by atoms with E-state index in [0.29, 0.717) is 16.3 Å². The predicted molar refractivity (Wildman–Crippen MR) is 70.1 cm³/mol. The molecule has 1 aromatic rings. The minimum atomic E-state index is -0.864. The highest BCUT2D eigenvalue weighted by Crippen LogP contribution is 2.38. The Hall–Kier alpha value is -1.57. The Morgan fingerprint density at radius 2 is 2.28 bits per heavy atom. The molecule has 4 nitrogen and oxygen atoms in total. The van der Waals surface area contributed by atoms with Crippen LogP contribution in [0.3, 0.4) is 0 Å². The van der Waals surface area contributed by atoms with E-state index in [1.165, 1.54) is 6.07 Å². The highest BCUT2D eigenvalue weighted by molar-refractivity contribution is 6.33. The molecule has 0 bridgehead atoms. The molecule has 3 N–H and O–H groups in total. The molecule has 0 spiro atoms. The van der Waals surface area contributed by atoms with Gasteiger partial charge in [-0.15, -0.1) is 0 Å². The molecule has 1 unspecified atom stereocenters. The monoisotopic (exact) mass is 263 g/mol. The molecule has 94 valence electrons. The van der Waals surface area contributed by atoms with Crippen molar-refractivity contribution in [2.45, 2.75) is 25.3 Å². The van der Waals surface area contributed by atoms with Gasteiger partial charge in [0.05, 0.1) is 27.9 Å². The Kier molecular flexibility index (Phi) is 3.29. The fraction of sp³-hybridized carbons (Fsp3) is 0.385. The van der Waals surface area contributed by atoms with Crippen molar-refractivity contribution >= 4 is 23.2 Å². The van der Waals surface area contributed by atoms with Gasteiger partial charge in [-0.1, -0.05) is 11.6 Å². The molecule has 1 amide bonds. The number of carbonyl (C=O) groups is 1. The number of halogens is 1. The lowest BCUT2D eigenvalue weighted by molar-refractivity contribution is -0.121. The third kappa shape index (κ3) is 2.47. The standard InChI is InChI=1S/C13H14ClN3O/c1-13(16,9-3-4-9)12(18)17-11-5-2-8(7-15)6-10(11)14/h2,5-6,9H,3-4,16H2,1H3,(H,17,18). The number of hydrogen-bond acceptors (Lipinski definition) is 3. The lowest BCUT2D eigenvalue weighted by Crippen LogP contribution is -2.50. The van der Waals surface area contributed by atoms with Gasteiger partial charge in [-0.05, 0) is 43.9 Å². The molecule has 0 aliphatic heterocycles. The average Bonchev–Trinajstić information content (AvgIpc) is 3.15. The van der Waals surface area contributed by atoms with Gasteiger partial charge in [-0.2, -0.15) is 5.26 Å². The number of nitrogens with one attached hydrogen (secondary N) is 1. The van der Waals surface area contributed by atoms with Gasteiger partial charge in [0.1, 0.15) is 0 Å². The van der Waals surface area contributed by atoms with E-state index >= 15 is 0 Å². The van der Waals surface area contributed by atoms with Crippen LogP contribution in [0.2, 0.25) is 5.02 Å². The molecule has 2 rings (SSSR count). The van der Waals surface area contributed by atoms with Crippen LogP contribution in [-0.2, 0) is 4.79 Å². The predicted octanol–water partition coefficient (Wildman–Crippen LogP) is 2.28. The first-order valence-electron chi connectivity index (χ1n) is 5.75. The Morgan fingerprint density at radius 3 is 2.78 bits per heavy atom. The first kappa shape index (κ1) is 12.9. The molecular weight excluding hydrogens is 250 g/mol. The second-order valence-electron chi connectivity index (χ2n) is 4.82. The van der Waals surface area contributed by atoms with Crippen LogP contribution in [0.5, 0.6) is 0 Å². The molecule has 5 heteroatoms. The van der Waals surface area contributed by atoms with Crippen molar-refractivity contribution in [1.29, 1.82) is 5.26 Å². The van der Waals surface area contributed by atoms with Gasteiger partial charge in [-0.25, -0.2) is 0 Å². The summed E-state index contributed by atoms with van der Waals surface area (Å²) in [7, 11) is 0. The topological polar surface area (TPSA) is 78.9 Å². The number of nitrogens with zero attached hydrogens (tertiary/aromatic N) is 1. The van der Waals surface area contributed by atoms with Crippen LogP contribution in [0.15, 0.2) is 18.2 Å². The number of hydrogen-bond donors (Lipinski definition) is 2. The van der Waals surface area contributed by atoms with Crippen molar-refractivity contribution in [2.24, 2.45) is 11.7 Å². The molecule has 0 saturated heterocycles. The Balaban J connectivity index is 2.14. The van der Waals surface area contributed by atoms with Crippen LogP contribution in [0.25, 0.3) is 0 Å². The smallest absolute Gasteiger partial charge is 0.244 e. The van der Waals surface area contributed by atoms with Crippen LogP contribution in [0, 0.1) is 17.2 Å². The van der Waals surface area contributed by atoms with Crippen LogP contribution >= 0.6 is 11.6 Å². The SMILES string of the molecule is CC(N)(C(=O)Nc1ccc(C#N)cc1Cl)C1CC1. The zero-order valence-corrected chi connectivity index (χ0v) is 10.8. The van der Waals surface area contributed by atoms with Crippen molar-refractivity contribution in [1.82, 2.24) is 0 Å². The van der Waals surface area contributed by atoms with Gasteiger partial charge in [0.25, 0.3) is 0 Å². The summed E-state index contributed by atoms with van der Waals surface area (Å²) < 4.78 is 0. The Morgan fingerprint density at radius 1 is 1.61 bits per heavy atom. The molecule has 1 fully saturated rings. The average molecular weight is 264 g/mol. The summed E-state index contributed by atoms with van der Waals surface area (Å²) in [4.78, 5) is 12.1. The van der Waals surface area contributed by atoms with Crippen LogP contribution < -0.4 is 11.1 Å². The van der Waals surface area contributed by atoms with E-state index in [-0.39, 0.29) is 11.8 Å². The van der Waals surface area contributed by atoms with Gasteiger partial charge < -0.3 is 11.1 Å². The summed E-state index contributed by atoms with van der Waals surface area (Å²) in [5.74, 6) is 0.00580. The number of nitrogens with two attached hydrogens (primary N) is 1. The number of carbonyl (C=O) groups excluding carboxylic acids is 1. The van der Waals surface area contributed by atoms with Gasteiger partial charge in [0, 0.05) is 0 Å². The van der Waals surface area contributed by atoms with Gasteiger partial charge in [0.2, 0.25) is 5.91 Å². The molecule has 0 aromatic heterocycles. The summed E-state index contributed by atoms with van der Waals surface area (Å²) in [6, 6.07) is 6.72. The summed E-state index contributed by atoms with van der Waals surface area (Å²) in [5.41, 5.74) is 6.09. The minimum absolute atomic E-state index is 0.239. The van der Waals surface area contributed by atoms with Crippen LogP contribution in [-0.4, -0.2) is 11.4 Å². The zero-order valence-electron chi connectivity index (χ0n) is 10.0. The fourth-order valence-electron chi connectivity index (χ4n) is 1.81. The third-order valence-electron chi connectivity index (χ3n) is 3.26. The van der Waals surface area contributed by atoms with Crippen molar-refractivity contribution in [2.75, 3.05) is 5.32 Å². The van der Waals surface area contributed by atoms with E-state index in [9.17, 15) is 4.79 Å². The maximum absolute atomic E-state index is 12.1. The molecule has 0 radical (unpaired) electrons. The number of rotatable bonds is 3. The van der Waals surface area contributed by atoms with Gasteiger partial charge in [-0.3, -0.25) is 4.79 Å². The summed E-state index contributed by atoms with van der Waals surface area (Å²) >= 11 is 5.99. The van der Waals surface area contributed by atoms with Crippen molar-refractivity contribution in [3.63, 3.8) is 0 Å². The first-order valence-corrected chi connectivity index (χ1v) is 6.13. The molecule has 1 aliphatic rings. The van der Waals surface area contributed by atoms with Gasteiger partial charge in [0.15, 0.2) is 0 Å². The van der Waals surface area contributed by atoms with Crippen molar-refractivity contribution < 1.29 is 4.79 Å². The Bertz CT molecular complexity index is 530. The lowest BCUT2D eigenvalue weighted by atomic mass is 9.96. The normalized spacial score (nSPS) is 17.7. The number of benzene rings is 1. The third-order valence-corrected chi connectivity index (χ3v) is 3.57. The zero-order chi connectivity index (χ0) is 13.3. The molecule has 1 saturated carbocycles. The van der Waals surface area contributed by atoms with E-state index in [1.54, 1.807) is 19.1 Å². The van der Waals surface area contributed by atoms with Crippen LogP contribution in [0.1, 0.15) is 25.3 Å². The van der Waals surface area contributed by atoms with Crippen molar-refractivity contribution in [3.05, 3.63) is 28.8 Å². The highest BCUT2D eigenvalue weighted by Gasteiger charge is 2.44. The molecule has 0 heterocycles. The van der Waals surface area contributed by atoms with E-state index in [0.717, 1.165) is 12.8 Å². The summed E-state index contributed by atoms with van der Waals surface area (Å²) in [6.07, 6.45) is 1.98. The lowest BCUT2D eigenvalue weighted by Gasteiger charge is -2.23. The van der Waals surface area contributed by atoms with Gasteiger partial charge >= 0.3 is 0 Å². The summed E-state index contributed by atoms with van der Waals surface area (Å²) in [5, 5.41) is 11.8. The van der Waals surface area contributed by atoms with E-state index < -0.39 is 5.54 Å². The van der Waals surface area contributed by atoms with Crippen LogP contribution in [0.4, 0.5) is 5.69 Å². The minimum Gasteiger partial charge on any atom is -0.323 e. The highest BCUT2D eigenvalue weighted by atomic mass is 35.5. The maximum atomic E-state index is 12.1. The molecule has 18 heavy (non-hydrogen) atoms. The largest absolute Gasteiger partial charge is 0.323 e. The Labute approximate surface area is 111 Å². The molecule has 1 atom stereocenters. The summed E-state index contributed by atoms with van der Waals surface area (Å²) in [6.45, 7) is 1.73. The van der Waals surface area contributed by atoms with E-state index in [4.69, 9.17) is 22.6 Å². The second kappa shape index (κ2) is 4.60. The number of nitriles is 1. The second-order valence-corrected chi connectivity index (χ2v) is 5.22. The van der Waals surface area contributed by atoms with E-state index in [2.05, 4.69) is 5.32 Å².